The van der Waals surface area contributed by atoms with Crippen LogP contribution in [0.3, 0.4) is 0 Å². The Morgan fingerprint density at radius 2 is 2.00 bits per heavy atom. The van der Waals surface area contributed by atoms with Gasteiger partial charge >= 0.3 is 0 Å². The summed E-state index contributed by atoms with van der Waals surface area (Å²) in [6.45, 7) is 2.23. The van der Waals surface area contributed by atoms with Crippen LogP contribution >= 0.6 is 22.7 Å². The quantitative estimate of drug-likeness (QED) is 0.556. The summed E-state index contributed by atoms with van der Waals surface area (Å²) in [4.78, 5) is 25.0. The molecule has 0 saturated heterocycles. The number of hydrogen-bond acceptors (Lipinski definition) is 9. The third kappa shape index (κ3) is 5.10. The number of nitriles is 1. The van der Waals surface area contributed by atoms with Crippen LogP contribution in [0, 0.1) is 18.3 Å². The van der Waals surface area contributed by atoms with Gasteiger partial charge in [-0.05, 0) is 44.0 Å². The maximum absolute atomic E-state index is 12.4. The molecular formula is C20H19N5O3S3. The van der Waals surface area contributed by atoms with Crippen LogP contribution in [0.5, 0.6) is 0 Å². The highest BCUT2D eigenvalue weighted by Gasteiger charge is 2.27. The molecule has 11 heteroatoms. The van der Waals surface area contributed by atoms with Gasteiger partial charge < -0.3 is 4.90 Å². The van der Waals surface area contributed by atoms with Gasteiger partial charge in [0.1, 0.15) is 5.69 Å². The van der Waals surface area contributed by atoms with Crippen LogP contribution in [0.25, 0.3) is 0 Å². The number of aromatic nitrogens is 2. The summed E-state index contributed by atoms with van der Waals surface area (Å²) in [6, 6.07) is 9.21. The van der Waals surface area contributed by atoms with Crippen LogP contribution in [0.1, 0.15) is 49.6 Å². The van der Waals surface area contributed by atoms with Crippen molar-refractivity contribution in [3.8, 4) is 6.07 Å². The van der Waals surface area contributed by atoms with Crippen molar-refractivity contribution in [1.82, 2.24) is 14.7 Å². The summed E-state index contributed by atoms with van der Waals surface area (Å²) in [5, 5.41) is 10.8. The molecule has 1 amide bonds. The molecule has 0 radical (unpaired) electrons. The SMILES string of the molecule is Cc1sc(N(Cc2cnc(C3CC3)s2)c2ccc(C#N)cc2)nc1C(=O)NS(C)(=O)=O. The molecule has 2 heterocycles. The fraction of sp³-hybridized carbons (Fsp3) is 0.300. The lowest BCUT2D eigenvalue weighted by Gasteiger charge is -2.21. The van der Waals surface area contributed by atoms with E-state index in [0.29, 0.717) is 28.0 Å². The summed E-state index contributed by atoms with van der Waals surface area (Å²) >= 11 is 2.97. The molecule has 0 aliphatic heterocycles. The average Bonchev–Trinajstić information content (AvgIpc) is 3.33. The molecule has 3 aromatic rings. The van der Waals surface area contributed by atoms with Crippen LogP contribution < -0.4 is 9.62 Å². The summed E-state index contributed by atoms with van der Waals surface area (Å²) in [6.07, 6.45) is 5.15. The van der Waals surface area contributed by atoms with Crippen LogP contribution in [-0.2, 0) is 16.6 Å². The molecule has 1 fully saturated rings. The predicted octanol–water partition coefficient (Wildman–Crippen LogP) is 3.68. The Balaban J connectivity index is 1.68. The maximum atomic E-state index is 12.4. The molecule has 0 spiro atoms. The topological polar surface area (TPSA) is 116 Å². The monoisotopic (exact) mass is 473 g/mol. The first kappa shape index (κ1) is 21.4. The molecule has 1 aliphatic carbocycles. The molecule has 160 valence electrons. The molecule has 1 aliphatic rings. The maximum Gasteiger partial charge on any atom is 0.284 e. The van der Waals surface area contributed by atoms with Crippen molar-refractivity contribution in [3.63, 3.8) is 0 Å². The highest BCUT2D eigenvalue weighted by Crippen LogP contribution is 2.42. The van der Waals surface area contributed by atoms with Gasteiger partial charge in [-0.15, -0.1) is 22.7 Å². The summed E-state index contributed by atoms with van der Waals surface area (Å²) in [5.41, 5.74) is 1.43. The number of sulfonamides is 1. The molecule has 2 aromatic heterocycles. The normalized spacial score (nSPS) is 13.6. The molecule has 0 atom stereocenters. The number of nitrogens with one attached hydrogen (secondary N) is 1. The van der Waals surface area contributed by atoms with Gasteiger partial charge in [-0.25, -0.2) is 23.1 Å². The minimum Gasteiger partial charge on any atom is -0.313 e. The van der Waals surface area contributed by atoms with Crippen molar-refractivity contribution >= 4 is 49.4 Å². The number of carbonyl (C=O) groups excluding carboxylic acids is 1. The minimum absolute atomic E-state index is 0.0760. The van der Waals surface area contributed by atoms with Crippen molar-refractivity contribution in [2.24, 2.45) is 0 Å². The number of anilines is 2. The number of nitrogens with zero attached hydrogens (tertiary/aromatic N) is 4. The number of amides is 1. The van der Waals surface area contributed by atoms with Crippen molar-refractivity contribution in [3.05, 3.63) is 56.5 Å². The van der Waals surface area contributed by atoms with Crippen LogP contribution in [0.4, 0.5) is 10.8 Å². The first-order valence-electron chi connectivity index (χ1n) is 9.45. The second-order valence-electron chi connectivity index (χ2n) is 7.29. The van der Waals surface area contributed by atoms with Crippen molar-refractivity contribution in [2.75, 3.05) is 11.2 Å². The molecular weight excluding hydrogens is 454 g/mol. The van der Waals surface area contributed by atoms with Gasteiger partial charge in [-0.2, -0.15) is 5.26 Å². The van der Waals surface area contributed by atoms with E-state index < -0.39 is 15.9 Å². The van der Waals surface area contributed by atoms with E-state index in [1.807, 2.05) is 28.0 Å². The average molecular weight is 474 g/mol. The van der Waals surface area contributed by atoms with E-state index in [0.717, 1.165) is 21.8 Å². The summed E-state index contributed by atoms with van der Waals surface area (Å²) < 4.78 is 24.9. The lowest BCUT2D eigenvalue weighted by atomic mass is 10.2. The van der Waals surface area contributed by atoms with Gasteiger partial charge in [-0.1, -0.05) is 0 Å². The molecule has 0 unspecified atom stereocenters. The van der Waals surface area contributed by atoms with Gasteiger partial charge in [0.2, 0.25) is 10.0 Å². The molecule has 1 saturated carbocycles. The van der Waals surface area contributed by atoms with E-state index >= 15 is 0 Å². The van der Waals surface area contributed by atoms with Crippen LogP contribution in [-0.4, -0.2) is 30.5 Å². The lowest BCUT2D eigenvalue weighted by molar-refractivity contribution is 0.0977. The van der Waals surface area contributed by atoms with E-state index in [-0.39, 0.29) is 5.69 Å². The second kappa shape index (κ2) is 8.37. The van der Waals surface area contributed by atoms with E-state index in [4.69, 9.17) is 5.26 Å². The first-order valence-corrected chi connectivity index (χ1v) is 13.0. The number of benzene rings is 1. The Bertz CT molecular complexity index is 1270. The molecule has 1 aromatic carbocycles. The Kier molecular flexibility index (Phi) is 5.79. The highest BCUT2D eigenvalue weighted by molar-refractivity contribution is 7.89. The summed E-state index contributed by atoms with van der Waals surface area (Å²) in [7, 11) is -3.69. The van der Waals surface area contributed by atoms with Crippen molar-refractivity contribution in [1.29, 1.82) is 5.26 Å². The number of carbonyl (C=O) groups is 1. The zero-order valence-electron chi connectivity index (χ0n) is 16.8. The zero-order chi connectivity index (χ0) is 22.2. The smallest absolute Gasteiger partial charge is 0.284 e. The Hall–Kier alpha value is -2.81. The molecule has 0 bridgehead atoms. The van der Waals surface area contributed by atoms with Gasteiger partial charge in [-0.3, -0.25) is 4.79 Å². The third-order valence-corrected chi connectivity index (χ3v) is 7.32. The van der Waals surface area contributed by atoms with E-state index in [1.54, 1.807) is 30.4 Å². The second-order valence-corrected chi connectivity index (χ2v) is 11.4. The van der Waals surface area contributed by atoms with E-state index in [2.05, 4.69) is 16.0 Å². The highest BCUT2D eigenvalue weighted by atomic mass is 32.2. The largest absolute Gasteiger partial charge is 0.313 e. The van der Waals surface area contributed by atoms with Crippen molar-refractivity contribution in [2.45, 2.75) is 32.2 Å². The fourth-order valence-electron chi connectivity index (χ4n) is 2.98. The number of thiazole rings is 2. The van der Waals surface area contributed by atoms with E-state index in [9.17, 15) is 13.2 Å². The number of rotatable bonds is 7. The van der Waals surface area contributed by atoms with Crippen molar-refractivity contribution < 1.29 is 13.2 Å². The van der Waals surface area contributed by atoms with Crippen LogP contribution in [0.2, 0.25) is 0 Å². The third-order valence-electron chi connectivity index (χ3n) is 4.63. The van der Waals surface area contributed by atoms with Gasteiger partial charge in [0.25, 0.3) is 5.91 Å². The fourth-order valence-corrected chi connectivity index (χ4v) is 5.42. The zero-order valence-corrected chi connectivity index (χ0v) is 19.3. The van der Waals surface area contributed by atoms with Gasteiger partial charge in [0.05, 0.1) is 29.4 Å². The van der Waals surface area contributed by atoms with Gasteiger partial charge in [0.15, 0.2) is 5.13 Å². The van der Waals surface area contributed by atoms with Gasteiger partial charge in [0, 0.05) is 27.6 Å². The Labute approximate surface area is 188 Å². The Morgan fingerprint density at radius 1 is 1.29 bits per heavy atom. The first-order chi connectivity index (χ1) is 14.7. The standard InChI is InChI=1S/C20H19N5O3S3/c1-12-17(18(26)24-31(2,27)28)23-20(29-12)25(15-7-3-13(9-21)4-8-15)11-16-10-22-19(30-16)14-5-6-14/h3-4,7-8,10,14H,5-6,11H2,1-2H3,(H,24,26). The number of aryl methyl sites for hydroxylation is 1. The minimum atomic E-state index is -3.69. The molecule has 4 rings (SSSR count). The predicted molar refractivity (Wildman–Crippen MR) is 120 cm³/mol. The molecule has 31 heavy (non-hydrogen) atoms. The number of hydrogen-bond donors (Lipinski definition) is 1. The molecule has 8 nitrogen and oxygen atoms in total. The lowest BCUT2D eigenvalue weighted by Crippen LogP contribution is -2.30. The van der Waals surface area contributed by atoms with Crippen LogP contribution in [0.15, 0.2) is 30.5 Å². The molecule has 1 N–H and O–H groups in total. The summed E-state index contributed by atoms with van der Waals surface area (Å²) in [5.74, 6) is -0.188. The van der Waals surface area contributed by atoms with E-state index in [1.165, 1.54) is 24.2 Å². The Morgan fingerprint density at radius 3 is 2.61 bits per heavy atom.